The zero-order valence-corrected chi connectivity index (χ0v) is 24.9. The summed E-state index contributed by atoms with van der Waals surface area (Å²) in [5.41, 5.74) is 4.04. The number of rotatable bonds is 8. The number of likely N-dealkylation sites (N-methyl/N-ethyl adjacent to an activating group) is 1. The summed E-state index contributed by atoms with van der Waals surface area (Å²) in [5.74, 6) is 0.973. The molecule has 2 saturated heterocycles. The van der Waals surface area contributed by atoms with Crippen LogP contribution in [-0.4, -0.2) is 85.3 Å². The van der Waals surface area contributed by atoms with E-state index in [2.05, 4.69) is 62.5 Å². The Kier molecular flexibility index (Phi) is 7.67. The lowest BCUT2D eigenvalue weighted by Gasteiger charge is -2.34. The van der Waals surface area contributed by atoms with Crippen LogP contribution in [0.2, 0.25) is 0 Å². The third kappa shape index (κ3) is 5.49. The van der Waals surface area contributed by atoms with Crippen molar-refractivity contribution in [1.82, 2.24) is 44.3 Å². The summed E-state index contributed by atoms with van der Waals surface area (Å²) in [4.78, 5) is 32.5. The number of piperidine rings is 1. The molecule has 0 aliphatic carbocycles. The number of pyridine rings is 1. The van der Waals surface area contributed by atoms with Crippen molar-refractivity contribution in [3.05, 3.63) is 84.1 Å². The van der Waals surface area contributed by atoms with Crippen molar-refractivity contribution in [2.75, 3.05) is 56.5 Å². The molecule has 2 aliphatic heterocycles. The maximum Gasteiger partial charge on any atom is 0.278 e. The second-order valence-corrected chi connectivity index (χ2v) is 11.5. The van der Waals surface area contributed by atoms with Gasteiger partial charge >= 0.3 is 0 Å². The van der Waals surface area contributed by atoms with E-state index in [0.717, 1.165) is 69.1 Å². The number of hydrogen-bond donors (Lipinski definition) is 2. The van der Waals surface area contributed by atoms with Gasteiger partial charge in [-0.2, -0.15) is 10.1 Å². The first-order valence-corrected chi connectivity index (χ1v) is 15.2. The van der Waals surface area contributed by atoms with Crippen molar-refractivity contribution >= 4 is 28.4 Å². The van der Waals surface area contributed by atoms with Crippen molar-refractivity contribution in [3.63, 3.8) is 0 Å². The number of fused-ring (bicyclic) bond motifs is 1. The van der Waals surface area contributed by atoms with Gasteiger partial charge in [-0.25, -0.2) is 19.3 Å². The number of nitrogens with zero attached hydrogens (tertiary/aromatic N) is 9. The van der Waals surface area contributed by atoms with Crippen molar-refractivity contribution in [2.45, 2.75) is 25.4 Å². The molecule has 0 radical (unpaired) electrons. The van der Waals surface area contributed by atoms with Crippen LogP contribution in [0.5, 0.6) is 0 Å². The first kappa shape index (κ1) is 28.0. The number of piperazine rings is 1. The Bertz CT molecular complexity index is 1820. The van der Waals surface area contributed by atoms with Crippen LogP contribution in [0.1, 0.15) is 18.9 Å². The Labute approximate surface area is 255 Å². The maximum absolute atomic E-state index is 13.5. The summed E-state index contributed by atoms with van der Waals surface area (Å²) in [6, 6.07) is 14.5. The molecule has 2 fully saturated rings. The highest BCUT2D eigenvalue weighted by Gasteiger charge is 2.20. The first-order chi connectivity index (χ1) is 21.6. The quantitative estimate of drug-likeness (QED) is 0.262. The molecular weight excluding hydrogens is 554 g/mol. The third-order valence-corrected chi connectivity index (χ3v) is 8.50. The second-order valence-electron chi connectivity index (χ2n) is 11.5. The summed E-state index contributed by atoms with van der Waals surface area (Å²) < 4.78 is 5.39. The van der Waals surface area contributed by atoms with E-state index in [1.165, 1.54) is 5.69 Å². The SMILES string of the molecule is C=CCn1c(=O)c2cnc(Nc3ccc(N4CCN(C)CC4)cc3)nc2n1-c1cccc(-c2cnn(C3CCNCC3)c2)n1. The molecule has 6 heterocycles. The Morgan fingerprint density at radius 3 is 2.59 bits per heavy atom. The maximum atomic E-state index is 13.5. The van der Waals surface area contributed by atoms with E-state index in [4.69, 9.17) is 9.97 Å². The standard InChI is InChI=1S/C32H37N11O/c1-3-15-42-31(44)27-21-34-32(36-24-7-9-25(10-8-24)40-18-16-39(2)17-19-40)38-30(27)43(42)29-6-4-5-28(37-29)23-20-35-41(22-23)26-11-13-33-14-12-26/h3-10,20-22,26,33H,1,11-19H2,2H3,(H,34,36,38). The molecule has 1 aromatic carbocycles. The largest absolute Gasteiger partial charge is 0.369 e. The lowest BCUT2D eigenvalue weighted by Crippen LogP contribution is -2.44. The molecule has 44 heavy (non-hydrogen) atoms. The van der Waals surface area contributed by atoms with Gasteiger partial charge in [0.05, 0.1) is 24.5 Å². The molecule has 226 valence electrons. The van der Waals surface area contributed by atoms with Crippen molar-refractivity contribution in [3.8, 4) is 17.1 Å². The topological polar surface area (TPSA) is 114 Å². The minimum atomic E-state index is -0.200. The fraction of sp³-hybridized carbons (Fsp3) is 0.344. The van der Waals surface area contributed by atoms with Gasteiger partial charge < -0.3 is 20.4 Å². The number of benzene rings is 1. The van der Waals surface area contributed by atoms with Gasteiger partial charge in [-0.15, -0.1) is 6.58 Å². The number of nitrogens with one attached hydrogen (secondary N) is 2. The predicted molar refractivity (Wildman–Crippen MR) is 173 cm³/mol. The molecule has 0 unspecified atom stereocenters. The van der Waals surface area contributed by atoms with E-state index in [9.17, 15) is 4.79 Å². The normalized spacial score (nSPS) is 16.4. The molecule has 7 rings (SSSR count). The first-order valence-electron chi connectivity index (χ1n) is 15.2. The molecule has 0 bridgehead atoms. The van der Waals surface area contributed by atoms with Crippen LogP contribution < -0.4 is 21.1 Å². The fourth-order valence-corrected chi connectivity index (χ4v) is 6.00. The van der Waals surface area contributed by atoms with Gasteiger partial charge in [0.2, 0.25) is 5.95 Å². The number of anilines is 3. The van der Waals surface area contributed by atoms with E-state index >= 15 is 0 Å². The molecule has 0 atom stereocenters. The number of aromatic nitrogens is 7. The summed E-state index contributed by atoms with van der Waals surface area (Å²) in [5, 5.41) is 11.8. The average Bonchev–Trinajstić information content (AvgIpc) is 3.66. The van der Waals surface area contributed by atoms with Crippen LogP contribution in [0.3, 0.4) is 0 Å². The summed E-state index contributed by atoms with van der Waals surface area (Å²) >= 11 is 0. The van der Waals surface area contributed by atoms with Crippen LogP contribution in [0.4, 0.5) is 17.3 Å². The van der Waals surface area contributed by atoms with E-state index in [1.54, 1.807) is 21.6 Å². The Balaban J connectivity index is 1.20. The van der Waals surface area contributed by atoms with E-state index < -0.39 is 0 Å². The van der Waals surface area contributed by atoms with Crippen molar-refractivity contribution in [1.29, 1.82) is 0 Å². The number of hydrogen-bond acceptors (Lipinski definition) is 9. The predicted octanol–water partition coefficient (Wildman–Crippen LogP) is 3.45. The Morgan fingerprint density at radius 2 is 1.82 bits per heavy atom. The Hall–Kier alpha value is -4.81. The lowest BCUT2D eigenvalue weighted by molar-refractivity contribution is 0.313. The molecule has 2 N–H and O–H groups in total. The van der Waals surface area contributed by atoms with Crippen LogP contribution in [0, 0.1) is 0 Å². The molecular formula is C32H37N11O. The molecule has 0 saturated carbocycles. The van der Waals surface area contributed by atoms with Crippen LogP contribution in [0.15, 0.2) is 78.5 Å². The lowest BCUT2D eigenvalue weighted by atomic mass is 10.1. The summed E-state index contributed by atoms with van der Waals surface area (Å²) in [6.45, 7) is 10.3. The highest BCUT2D eigenvalue weighted by atomic mass is 16.1. The molecule has 12 nitrogen and oxygen atoms in total. The van der Waals surface area contributed by atoms with Gasteiger partial charge in [0, 0.05) is 55.5 Å². The van der Waals surface area contributed by atoms with Gasteiger partial charge in [-0.3, -0.25) is 9.48 Å². The van der Waals surface area contributed by atoms with E-state index in [1.807, 2.05) is 41.2 Å². The molecule has 0 spiro atoms. The zero-order chi connectivity index (χ0) is 30.0. The van der Waals surface area contributed by atoms with E-state index in [0.29, 0.717) is 35.4 Å². The van der Waals surface area contributed by atoms with E-state index in [-0.39, 0.29) is 5.56 Å². The summed E-state index contributed by atoms with van der Waals surface area (Å²) in [6.07, 6.45) is 9.29. The molecule has 2 aliphatic rings. The van der Waals surface area contributed by atoms with Gasteiger partial charge in [0.15, 0.2) is 11.5 Å². The fourth-order valence-electron chi connectivity index (χ4n) is 6.00. The third-order valence-electron chi connectivity index (χ3n) is 8.50. The highest BCUT2D eigenvalue weighted by molar-refractivity contribution is 5.77. The van der Waals surface area contributed by atoms with Gasteiger partial charge in [-0.1, -0.05) is 12.1 Å². The number of allylic oxidation sites excluding steroid dienone is 1. The van der Waals surface area contributed by atoms with Crippen LogP contribution in [0.25, 0.3) is 28.1 Å². The van der Waals surface area contributed by atoms with Crippen LogP contribution in [-0.2, 0) is 6.54 Å². The smallest absolute Gasteiger partial charge is 0.278 e. The average molecular weight is 592 g/mol. The summed E-state index contributed by atoms with van der Waals surface area (Å²) in [7, 11) is 2.16. The van der Waals surface area contributed by atoms with Crippen LogP contribution >= 0.6 is 0 Å². The molecule has 5 aromatic rings. The van der Waals surface area contributed by atoms with Crippen molar-refractivity contribution < 1.29 is 0 Å². The molecule has 12 heteroatoms. The zero-order valence-electron chi connectivity index (χ0n) is 24.9. The molecule has 0 amide bonds. The van der Waals surface area contributed by atoms with Gasteiger partial charge in [-0.05, 0) is 69.4 Å². The van der Waals surface area contributed by atoms with Gasteiger partial charge in [0.25, 0.3) is 5.56 Å². The second kappa shape index (κ2) is 12.1. The monoisotopic (exact) mass is 591 g/mol. The minimum absolute atomic E-state index is 0.200. The Morgan fingerprint density at radius 1 is 1.02 bits per heavy atom. The highest BCUT2D eigenvalue weighted by Crippen LogP contribution is 2.25. The van der Waals surface area contributed by atoms with Crippen molar-refractivity contribution in [2.24, 2.45) is 0 Å². The molecule has 4 aromatic heterocycles. The minimum Gasteiger partial charge on any atom is -0.369 e. The van der Waals surface area contributed by atoms with Gasteiger partial charge in [0.1, 0.15) is 5.39 Å².